The Labute approximate surface area is 115 Å². The molecule has 20 heavy (non-hydrogen) atoms. The van der Waals surface area contributed by atoms with Crippen LogP contribution in [0.25, 0.3) is 5.52 Å². The normalized spacial score (nSPS) is 10.6. The SMILES string of the molecule is Cc1cc2c(=O)n(Cc3ccc(C#N)cc3)ccn2n1. The van der Waals surface area contributed by atoms with Crippen LogP contribution in [0, 0.1) is 18.3 Å². The molecule has 5 heteroatoms. The highest BCUT2D eigenvalue weighted by Gasteiger charge is 2.05. The van der Waals surface area contributed by atoms with Gasteiger partial charge in [-0.1, -0.05) is 12.1 Å². The Morgan fingerprint density at radius 3 is 2.70 bits per heavy atom. The Morgan fingerprint density at radius 2 is 2.00 bits per heavy atom. The Kier molecular flexibility index (Phi) is 2.84. The molecule has 2 aromatic heterocycles. The summed E-state index contributed by atoms with van der Waals surface area (Å²) in [6, 6.07) is 11.1. The Hall–Kier alpha value is -2.87. The molecular formula is C15H12N4O. The lowest BCUT2D eigenvalue weighted by Crippen LogP contribution is -2.21. The quantitative estimate of drug-likeness (QED) is 0.708. The molecule has 0 aliphatic carbocycles. The first kappa shape index (κ1) is 12.2. The molecule has 0 spiro atoms. The Bertz CT molecular complexity index is 866. The van der Waals surface area contributed by atoms with Gasteiger partial charge in [-0.05, 0) is 30.7 Å². The maximum atomic E-state index is 12.3. The van der Waals surface area contributed by atoms with Gasteiger partial charge in [0.15, 0.2) is 0 Å². The number of nitriles is 1. The molecule has 5 nitrogen and oxygen atoms in total. The number of hydrogen-bond acceptors (Lipinski definition) is 3. The van der Waals surface area contributed by atoms with Crippen molar-refractivity contribution in [2.75, 3.05) is 0 Å². The first-order valence-electron chi connectivity index (χ1n) is 6.22. The molecule has 3 aromatic rings. The molecule has 0 N–H and O–H groups in total. The van der Waals surface area contributed by atoms with Gasteiger partial charge in [-0.15, -0.1) is 0 Å². The number of fused-ring (bicyclic) bond motifs is 1. The van der Waals surface area contributed by atoms with Crippen molar-refractivity contribution in [3.05, 3.63) is 69.9 Å². The molecule has 0 unspecified atom stereocenters. The van der Waals surface area contributed by atoms with Crippen molar-refractivity contribution >= 4 is 5.52 Å². The van der Waals surface area contributed by atoms with Crippen LogP contribution >= 0.6 is 0 Å². The van der Waals surface area contributed by atoms with Crippen LogP contribution in [0.2, 0.25) is 0 Å². The van der Waals surface area contributed by atoms with E-state index in [1.54, 1.807) is 39.7 Å². The molecule has 0 radical (unpaired) electrons. The van der Waals surface area contributed by atoms with E-state index in [0.29, 0.717) is 17.6 Å². The largest absolute Gasteiger partial charge is 0.308 e. The zero-order valence-electron chi connectivity index (χ0n) is 10.9. The maximum Gasteiger partial charge on any atom is 0.276 e. The summed E-state index contributed by atoms with van der Waals surface area (Å²) in [4.78, 5) is 12.3. The highest BCUT2D eigenvalue weighted by molar-refractivity contribution is 5.45. The highest BCUT2D eigenvalue weighted by atomic mass is 16.1. The molecule has 3 rings (SSSR count). The average Bonchev–Trinajstić information content (AvgIpc) is 2.84. The van der Waals surface area contributed by atoms with Gasteiger partial charge in [-0.25, -0.2) is 4.52 Å². The molecule has 0 saturated heterocycles. The van der Waals surface area contributed by atoms with E-state index in [9.17, 15) is 4.79 Å². The van der Waals surface area contributed by atoms with Crippen molar-refractivity contribution in [2.24, 2.45) is 0 Å². The summed E-state index contributed by atoms with van der Waals surface area (Å²) in [7, 11) is 0. The minimum atomic E-state index is -0.0718. The second-order valence-electron chi connectivity index (χ2n) is 4.66. The van der Waals surface area contributed by atoms with Crippen LogP contribution < -0.4 is 5.56 Å². The number of aromatic nitrogens is 3. The van der Waals surface area contributed by atoms with E-state index < -0.39 is 0 Å². The van der Waals surface area contributed by atoms with Gasteiger partial charge < -0.3 is 4.57 Å². The molecule has 0 saturated carbocycles. The third-order valence-corrected chi connectivity index (χ3v) is 3.16. The van der Waals surface area contributed by atoms with Crippen molar-refractivity contribution in [1.29, 1.82) is 5.26 Å². The summed E-state index contributed by atoms with van der Waals surface area (Å²) in [5.74, 6) is 0. The van der Waals surface area contributed by atoms with Crippen molar-refractivity contribution < 1.29 is 0 Å². The summed E-state index contributed by atoms with van der Waals surface area (Å²) in [5.41, 5.74) is 2.91. The van der Waals surface area contributed by atoms with E-state index in [1.807, 2.05) is 19.1 Å². The molecule has 0 aliphatic heterocycles. The van der Waals surface area contributed by atoms with Crippen LogP contribution in [-0.4, -0.2) is 14.2 Å². The summed E-state index contributed by atoms with van der Waals surface area (Å²) in [5, 5.41) is 13.0. The standard InChI is InChI=1S/C15H12N4O/c1-11-8-14-15(20)18(6-7-19(14)17-11)10-13-4-2-12(9-16)3-5-13/h2-8H,10H2,1H3. The van der Waals surface area contributed by atoms with E-state index in [-0.39, 0.29) is 5.56 Å². The van der Waals surface area contributed by atoms with Crippen LogP contribution in [0.4, 0.5) is 0 Å². The van der Waals surface area contributed by atoms with Gasteiger partial charge in [0.2, 0.25) is 0 Å². The lowest BCUT2D eigenvalue weighted by Gasteiger charge is -2.06. The van der Waals surface area contributed by atoms with Gasteiger partial charge in [-0.3, -0.25) is 4.79 Å². The van der Waals surface area contributed by atoms with Crippen LogP contribution in [-0.2, 0) is 6.54 Å². The third kappa shape index (κ3) is 2.08. The Balaban J connectivity index is 2.00. The first-order valence-corrected chi connectivity index (χ1v) is 6.22. The number of nitrogens with zero attached hydrogens (tertiary/aromatic N) is 4. The van der Waals surface area contributed by atoms with Crippen molar-refractivity contribution in [3.8, 4) is 6.07 Å². The van der Waals surface area contributed by atoms with Gasteiger partial charge >= 0.3 is 0 Å². The maximum absolute atomic E-state index is 12.3. The van der Waals surface area contributed by atoms with E-state index in [0.717, 1.165) is 11.3 Å². The molecule has 0 amide bonds. The van der Waals surface area contributed by atoms with E-state index in [4.69, 9.17) is 5.26 Å². The van der Waals surface area contributed by atoms with Crippen molar-refractivity contribution in [1.82, 2.24) is 14.2 Å². The molecule has 0 bridgehead atoms. The Morgan fingerprint density at radius 1 is 1.25 bits per heavy atom. The number of hydrogen-bond donors (Lipinski definition) is 0. The van der Waals surface area contributed by atoms with Gasteiger partial charge in [0.05, 0.1) is 23.9 Å². The number of benzene rings is 1. The first-order chi connectivity index (χ1) is 9.67. The zero-order chi connectivity index (χ0) is 14.1. The zero-order valence-corrected chi connectivity index (χ0v) is 10.9. The minimum absolute atomic E-state index is 0.0718. The lowest BCUT2D eigenvalue weighted by atomic mass is 10.1. The molecule has 1 aromatic carbocycles. The van der Waals surface area contributed by atoms with E-state index in [1.165, 1.54) is 0 Å². The minimum Gasteiger partial charge on any atom is -0.308 e. The van der Waals surface area contributed by atoms with Gasteiger partial charge in [0.25, 0.3) is 5.56 Å². The predicted octanol–water partition coefficient (Wildman–Crippen LogP) is 1.72. The molecule has 0 aliphatic rings. The van der Waals surface area contributed by atoms with Crippen molar-refractivity contribution in [3.63, 3.8) is 0 Å². The summed E-state index contributed by atoms with van der Waals surface area (Å²) in [6.07, 6.45) is 3.49. The topological polar surface area (TPSA) is 63.1 Å². The molecule has 0 fully saturated rings. The summed E-state index contributed by atoms with van der Waals surface area (Å²) in [6.45, 7) is 2.34. The molecule has 98 valence electrons. The second-order valence-corrected chi connectivity index (χ2v) is 4.66. The van der Waals surface area contributed by atoms with E-state index in [2.05, 4.69) is 11.2 Å². The van der Waals surface area contributed by atoms with E-state index >= 15 is 0 Å². The van der Waals surface area contributed by atoms with Gasteiger partial charge in [0, 0.05) is 12.4 Å². The number of aryl methyl sites for hydroxylation is 1. The van der Waals surface area contributed by atoms with Crippen LogP contribution in [0.3, 0.4) is 0 Å². The predicted molar refractivity (Wildman–Crippen MR) is 74.4 cm³/mol. The van der Waals surface area contributed by atoms with Crippen LogP contribution in [0.15, 0.2) is 47.5 Å². The van der Waals surface area contributed by atoms with Crippen LogP contribution in [0.5, 0.6) is 0 Å². The van der Waals surface area contributed by atoms with Gasteiger partial charge in [0.1, 0.15) is 5.52 Å². The lowest BCUT2D eigenvalue weighted by molar-refractivity contribution is 0.742. The molecule has 0 atom stereocenters. The molecule has 2 heterocycles. The van der Waals surface area contributed by atoms with Crippen molar-refractivity contribution in [2.45, 2.75) is 13.5 Å². The fourth-order valence-corrected chi connectivity index (χ4v) is 2.15. The average molecular weight is 264 g/mol. The van der Waals surface area contributed by atoms with Crippen LogP contribution in [0.1, 0.15) is 16.8 Å². The van der Waals surface area contributed by atoms with Gasteiger partial charge in [-0.2, -0.15) is 10.4 Å². The number of rotatable bonds is 2. The third-order valence-electron chi connectivity index (χ3n) is 3.16. The summed E-state index contributed by atoms with van der Waals surface area (Å²) < 4.78 is 3.23. The smallest absolute Gasteiger partial charge is 0.276 e. The monoisotopic (exact) mass is 264 g/mol. The fraction of sp³-hybridized carbons (Fsp3) is 0.133. The fourth-order valence-electron chi connectivity index (χ4n) is 2.15. The highest BCUT2D eigenvalue weighted by Crippen LogP contribution is 2.06. The summed E-state index contributed by atoms with van der Waals surface area (Å²) >= 11 is 0. The second kappa shape index (κ2) is 4.67. The molecular weight excluding hydrogens is 252 g/mol.